The van der Waals surface area contributed by atoms with Crippen LogP contribution in [-0.2, 0) is 4.52 Å². The predicted molar refractivity (Wildman–Crippen MR) is 137 cm³/mol. The van der Waals surface area contributed by atoms with E-state index in [0.29, 0.717) is 35.2 Å². The number of allylic oxidation sites excluding steroid dienone is 3. The Kier molecular flexibility index (Phi) is 7.45. The first-order chi connectivity index (χ1) is 14.3. The quantitative estimate of drug-likeness (QED) is 0.260. The summed E-state index contributed by atoms with van der Waals surface area (Å²) in [4.78, 5) is 0. The second kappa shape index (κ2) is 9.43. The molecule has 0 heterocycles. The molecule has 30 heavy (non-hydrogen) atoms. The predicted octanol–water partition coefficient (Wildman–Crippen LogP) is 8.00. The minimum Gasteiger partial charge on any atom is -0.393 e. The number of aliphatic hydroxyl groups excluding tert-OH is 1. The number of aliphatic hydroxyl groups is 1. The van der Waals surface area contributed by atoms with Crippen molar-refractivity contribution in [3.8, 4) is 0 Å². The maximum Gasteiger partial charge on any atom is 0.0797 e. The van der Waals surface area contributed by atoms with Crippen LogP contribution in [0.4, 0.5) is 0 Å². The van der Waals surface area contributed by atoms with E-state index in [2.05, 4.69) is 61.9 Å². The molecule has 0 aliphatic heterocycles. The molecule has 2 nitrogen and oxygen atoms in total. The topological polar surface area (TPSA) is 29.5 Å². The van der Waals surface area contributed by atoms with Gasteiger partial charge in [-0.05, 0) is 121 Å². The van der Waals surface area contributed by atoms with Gasteiger partial charge in [0, 0.05) is 0 Å². The molecule has 4 aliphatic carbocycles. The average molecular weight is 544 g/mol. The van der Waals surface area contributed by atoms with Crippen LogP contribution in [0, 0.1) is 34.5 Å². The molecule has 0 radical (unpaired) electrons. The summed E-state index contributed by atoms with van der Waals surface area (Å²) >= 11 is 2.36. The normalized spacial score (nSPS) is 42.0. The van der Waals surface area contributed by atoms with Crippen molar-refractivity contribution in [2.75, 3.05) is 0 Å². The highest BCUT2D eigenvalue weighted by molar-refractivity contribution is 14.2. The Morgan fingerprint density at radius 3 is 2.63 bits per heavy atom. The molecule has 0 saturated heterocycles. The molecule has 1 N–H and O–H groups in total. The molecule has 8 unspecified atom stereocenters. The number of fused-ring (bicyclic) bond motifs is 5. The van der Waals surface area contributed by atoms with E-state index in [9.17, 15) is 5.11 Å². The fourth-order valence-corrected chi connectivity index (χ4v) is 9.00. The third kappa shape index (κ3) is 4.36. The average Bonchev–Trinajstić information content (AvgIpc) is 3.03. The van der Waals surface area contributed by atoms with Gasteiger partial charge in [0.05, 0.1) is 18.7 Å². The molecule has 4 heteroatoms. The Morgan fingerprint density at radius 1 is 1.10 bits per heavy atom. The molecule has 0 aromatic rings. The van der Waals surface area contributed by atoms with Crippen molar-refractivity contribution in [2.24, 2.45) is 34.5 Å². The highest BCUT2D eigenvalue weighted by atomic mass is 127. The van der Waals surface area contributed by atoms with Crippen molar-refractivity contribution in [2.45, 2.75) is 104 Å². The van der Waals surface area contributed by atoms with Crippen LogP contribution in [0.25, 0.3) is 0 Å². The Hall–Kier alpha value is 0.560. The lowest BCUT2D eigenvalue weighted by molar-refractivity contribution is 0.0330. The van der Waals surface area contributed by atoms with Crippen LogP contribution in [0.2, 0.25) is 0 Å². The van der Waals surface area contributed by atoms with Crippen LogP contribution >= 0.6 is 28.5 Å². The Balaban J connectivity index is 1.50. The fourth-order valence-electron chi connectivity index (χ4n) is 7.60. The van der Waals surface area contributed by atoms with Crippen LogP contribution in [-0.4, -0.2) is 17.3 Å². The third-order valence-corrected chi connectivity index (χ3v) is 10.8. The molecule has 4 rings (SSSR count). The Bertz CT molecular complexity index is 689. The van der Waals surface area contributed by atoms with E-state index in [4.69, 9.17) is 4.52 Å². The highest BCUT2D eigenvalue weighted by Crippen LogP contribution is 2.65. The van der Waals surface area contributed by atoms with Gasteiger partial charge in [-0.2, -0.15) is 0 Å². The first-order valence-corrected chi connectivity index (χ1v) is 16.4. The van der Waals surface area contributed by atoms with Gasteiger partial charge in [0.2, 0.25) is 0 Å². The number of rotatable bonds is 7. The van der Waals surface area contributed by atoms with E-state index < -0.39 is 0 Å². The van der Waals surface area contributed by atoms with Gasteiger partial charge in [-0.3, -0.25) is 0 Å². The van der Waals surface area contributed by atoms with Crippen molar-refractivity contribution in [3.05, 3.63) is 23.3 Å². The molecule has 4 aliphatic rings. The molecule has 0 spiro atoms. The second-order valence-electron chi connectivity index (χ2n) is 11.6. The van der Waals surface area contributed by atoms with E-state index in [1.54, 1.807) is 11.1 Å². The molecule has 3 fully saturated rings. The summed E-state index contributed by atoms with van der Waals surface area (Å²) in [5.74, 6) is 2.86. The van der Waals surface area contributed by atoms with Gasteiger partial charge < -0.3 is 9.63 Å². The Labute approximate surface area is 199 Å². The van der Waals surface area contributed by atoms with E-state index >= 15 is 0 Å². The van der Waals surface area contributed by atoms with Crippen LogP contribution in [0.5, 0.6) is 0 Å². The summed E-state index contributed by atoms with van der Waals surface area (Å²) in [6.07, 6.45) is 17.5. The molecular formula is C26H42IO2P. The molecule has 0 amide bonds. The van der Waals surface area contributed by atoms with Gasteiger partial charge >= 0.3 is 0 Å². The van der Waals surface area contributed by atoms with Gasteiger partial charge in [0.1, 0.15) is 0 Å². The summed E-state index contributed by atoms with van der Waals surface area (Å²) in [6, 6.07) is 0. The standard InChI is InChI=1S/C26H42IO2P/c1-17(2)5-8-20(28)15-18-7-10-23-22-9-6-19-16-21(29-30-27)11-13-25(19,3)24(22)12-14-26(18,23)4/h6,9,17-18,20-21,23-24,28,30H,5,7-8,10-16H2,1-4H3. The minimum atomic E-state index is -0.107. The lowest BCUT2D eigenvalue weighted by atomic mass is 9.50. The number of halogens is 1. The molecule has 0 bridgehead atoms. The largest absolute Gasteiger partial charge is 0.393 e. The molecule has 3 saturated carbocycles. The zero-order valence-electron chi connectivity index (χ0n) is 19.4. The van der Waals surface area contributed by atoms with Crippen LogP contribution in [0.3, 0.4) is 0 Å². The summed E-state index contributed by atoms with van der Waals surface area (Å²) in [7, 11) is 0. The summed E-state index contributed by atoms with van der Waals surface area (Å²) < 4.78 is 6.01. The zero-order chi connectivity index (χ0) is 21.5. The smallest absolute Gasteiger partial charge is 0.0797 e. The van der Waals surface area contributed by atoms with Crippen LogP contribution < -0.4 is 0 Å². The Morgan fingerprint density at radius 2 is 1.90 bits per heavy atom. The van der Waals surface area contributed by atoms with Crippen molar-refractivity contribution >= 4 is 28.5 Å². The van der Waals surface area contributed by atoms with Gasteiger partial charge in [0.25, 0.3) is 0 Å². The van der Waals surface area contributed by atoms with Crippen molar-refractivity contribution in [3.63, 3.8) is 0 Å². The molecule has 0 aromatic carbocycles. The molecular weight excluding hydrogens is 502 g/mol. The maximum atomic E-state index is 10.7. The van der Waals surface area contributed by atoms with Gasteiger partial charge in [-0.1, -0.05) is 51.0 Å². The highest BCUT2D eigenvalue weighted by Gasteiger charge is 2.56. The van der Waals surface area contributed by atoms with Crippen LogP contribution in [0.15, 0.2) is 23.3 Å². The minimum absolute atomic E-state index is 0.107. The number of hydrogen-bond donors (Lipinski definition) is 1. The van der Waals surface area contributed by atoms with Crippen LogP contribution in [0.1, 0.15) is 91.9 Å². The first kappa shape index (κ1) is 23.7. The van der Waals surface area contributed by atoms with Gasteiger partial charge in [0.15, 0.2) is 0 Å². The summed E-state index contributed by atoms with van der Waals surface area (Å²) in [5, 5.41) is 10.7. The van der Waals surface area contributed by atoms with E-state index in [1.807, 2.05) is 0 Å². The molecule has 8 atom stereocenters. The second-order valence-corrected chi connectivity index (χ2v) is 13.3. The third-order valence-electron chi connectivity index (χ3n) is 9.57. The maximum absolute atomic E-state index is 10.7. The van der Waals surface area contributed by atoms with E-state index in [0.717, 1.165) is 37.5 Å². The molecule has 170 valence electrons. The zero-order valence-corrected chi connectivity index (χ0v) is 22.6. The van der Waals surface area contributed by atoms with Crippen molar-refractivity contribution in [1.29, 1.82) is 0 Å². The molecule has 0 aromatic heterocycles. The fraction of sp³-hybridized carbons (Fsp3) is 0.846. The van der Waals surface area contributed by atoms with E-state index in [1.165, 1.54) is 38.5 Å². The summed E-state index contributed by atoms with van der Waals surface area (Å²) in [5.41, 5.74) is 4.17. The number of hydrogen-bond acceptors (Lipinski definition) is 2. The SMILES string of the molecule is CC(C)CCC(O)CC1CCC2C3=CC=C4CC(OPI)CCC4(C)C3CCC12C. The lowest BCUT2D eigenvalue weighted by Gasteiger charge is -2.55. The first-order valence-electron chi connectivity index (χ1n) is 12.4. The monoisotopic (exact) mass is 544 g/mol. The van der Waals surface area contributed by atoms with Gasteiger partial charge in [-0.25, -0.2) is 0 Å². The van der Waals surface area contributed by atoms with E-state index in [-0.39, 0.29) is 6.10 Å². The lowest BCUT2D eigenvalue weighted by Crippen LogP contribution is -2.46. The summed E-state index contributed by atoms with van der Waals surface area (Å²) in [6.45, 7) is 10.2. The van der Waals surface area contributed by atoms with Gasteiger partial charge in [-0.15, -0.1) is 0 Å². The van der Waals surface area contributed by atoms with Crippen molar-refractivity contribution < 1.29 is 9.63 Å². The van der Waals surface area contributed by atoms with Crippen molar-refractivity contribution in [1.82, 2.24) is 0 Å².